The van der Waals surface area contributed by atoms with Gasteiger partial charge in [0.15, 0.2) is 11.5 Å². The second kappa shape index (κ2) is 8.56. The van der Waals surface area contributed by atoms with Crippen LogP contribution in [0, 0.1) is 5.82 Å². The van der Waals surface area contributed by atoms with E-state index in [9.17, 15) is 9.18 Å². The molecule has 0 spiro atoms. The van der Waals surface area contributed by atoms with E-state index in [2.05, 4.69) is 10.3 Å². The van der Waals surface area contributed by atoms with Crippen molar-refractivity contribution in [1.29, 1.82) is 0 Å². The first-order valence-corrected chi connectivity index (χ1v) is 8.74. The molecule has 7 heteroatoms. The van der Waals surface area contributed by atoms with Gasteiger partial charge in [-0.1, -0.05) is 18.2 Å². The van der Waals surface area contributed by atoms with Crippen LogP contribution < -0.4 is 14.8 Å². The smallest absolute Gasteiger partial charge is 0.225 e. The number of aryl methyl sites for hydroxylation is 1. The second-order valence-corrected chi connectivity index (χ2v) is 6.32. The molecule has 0 saturated carbocycles. The number of carbonyl (C=O) groups excluding carboxylic acids is 1. The molecule has 1 amide bonds. The zero-order valence-electron chi connectivity index (χ0n) is 16.0. The van der Waals surface area contributed by atoms with Crippen LogP contribution in [0.15, 0.2) is 54.9 Å². The van der Waals surface area contributed by atoms with Gasteiger partial charge in [0.2, 0.25) is 5.91 Å². The number of imidazole rings is 1. The van der Waals surface area contributed by atoms with Gasteiger partial charge in [-0.05, 0) is 35.4 Å². The lowest BCUT2D eigenvalue weighted by Gasteiger charge is -2.19. The Bertz CT molecular complexity index is 971. The maximum Gasteiger partial charge on any atom is 0.225 e. The van der Waals surface area contributed by atoms with Gasteiger partial charge in [-0.25, -0.2) is 9.37 Å². The number of amides is 1. The normalized spacial score (nSPS) is 11.7. The summed E-state index contributed by atoms with van der Waals surface area (Å²) in [6.07, 6.45) is 3.56. The minimum absolute atomic E-state index is 0.136. The van der Waals surface area contributed by atoms with Gasteiger partial charge in [-0.2, -0.15) is 0 Å². The number of nitrogens with one attached hydrogen (secondary N) is 1. The fourth-order valence-corrected chi connectivity index (χ4v) is 3.03. The van der Waals surface area contributed by atoms with Crippen LogP contribution in [0.2, 0.25) is 0 Å². The first-order chi connectivity index (χ1) is 13.5. The molecule has 0 saturated heterocycles. The molecule has 6 nitrogen and oxygen atoms in total. The molecular weight excluding hydrogens is 361 g/mol. The van der Waals surface area contributed by atoms with Crippen molar-refractivity contribution in [3.8, 4) is 11.5 Å². The summed E-state index contributed by atoms with van der Waals surface area (Å²) in [6, 6.07) is 10.9. The lowest BCUT2D eigenvalue weighted by atomic mass is 10.0. The summed E-state index contributed by atoms with van der Waals surface area (Å²) in [5.41, 5.74) is 1.39. The van der Waals surface area contributed by atoms with Crippen LogP contribution in [0.25, 0.3) is 0 Å². The van der Waals surface area contributed by atoms with Crippen LogP contribution in [0.5, 0.6) is 11.5 Å². The highest BCUT2D eigenvalue weighted by molar-refractivity contribution is 5.79. The Morgan fingerprint density at radius 3 is 2.61 bits per heavy atom. The molecule has 0 fully saturated rings. The Morgan fingerprint density at radius 1 is 1.18 bits per heavy atom. The summed E-state index contributed by atoms with van der Waals surface area (Å²) in [6.45, 7) is 0. The zero-order valence-corrected chi connectivity index (χ0v) is 16.0. The number of rotatable bonds is 7. The number of benzene rings is 2. The molecule has 0 aliphatic heterocycles. The number of methoxy groups -OCH3 is 2. The van der Waals surface area contributed by atoms with E-state index in [0.717, 1.165) is 5.56 Å². The quantitative estimate of drug-likeness (QED) is 0.681. The molecule has 3 rings (SSSR count). The summed E-state index contributed by atoms with van der Waals surface area (Å²) in [5.74, 6) is 1.18. The maximum absolute atomic E-state index is 13.7. The Balaban J connectivity index is 1.83. The van der Waals surface area contributed by atoms with Crippen molar-refractivity contribution in [3.05, 3.63) is 77.6 Å². The van der Waals surface area contributed by atoms with Crippen LogP contribution in [0.3, 0.4) is 0 Å². The maximum atomic E-state index is 13.7. The van der Waals surface area contributed by atoms with Crippen LogP contribution in [-0.2, 0) is 18.3 Å². The number of ether oxygens (including phenoxy) is 2. The minimum atomic E-state index is -0.566. The number of hydrogen-bond donors (Lipinski definition) is 1. The molecule has 1 heterocycles. The topological polar surface area (TPSA) is 65.4 Å². The van der Waals surface area contributed by atoms with Gasteiger partial charge in [0.1, 0.15) is 17.7 Å². The van der Waals surface area contributed by atoms with Crippen molar-refractivity contribution < 1.29 is 18.7 Å². The predicted octanol–water partition coefficient (Wildman–Crippen LogP) is 3.02. The first kappa shape index (κ1) is 19.4. The monoisotopic (exact) mass is 383 g/mol. The van der Waals surface area contributed by atoms with Crippen LogP contribution in [0.4, 0.5) is 4.39 Å². The molecule has 0 radical (unpaired) electrons. The third kappa shape index (κ3) is 4.31. The van der Waals surface area contributed by atoms with Crippen molar-refractivity contribution in [2.75, 3.05) is 14.2 Å². The fraction of sp³-hybridized carbons (Fsp3) is 0.238. The van der Waals surface area contributed by atoms with E-state index in [1.165, 1.54) is 12.1 Å². The van der Waals surface area contributed by atoms with Crippen LogP contribution >= 0.6 is 0 Å². The molecule has 1 unspecified atom stereocenters. The molecule has 1 aromatic heterocycles. The van der Waals surface area contributed by atoms with Crippen molar-refractivity contribution in [2.45, 2.75) is 12.5 Å². The molecular formula is C21H22FN3O3. The van der Waals surface area contributed by atoms with Gasteiger partial charge >= 0.3 is 0 Å². The lowest BCUT2D eigenvalue weighted by molar-refractivity contribution is -0.121. The van der Waals surface area contributed by atoms with Crippen molar-refractivity contribution >= 4 is 5.91 Å². The number of carbonyl (C=O) groups is 1. The van der Waals surface area contributed by atoms with Crippen molar-refractivity contribution in [1.82, 2.24) is 14.9 Å². The van der Waals surface area contributed by atoms with Gasteiger partial charge in [-0.3, -0.25) is 4.79 Å². The average molecular weight is 383 g/mol. The number of aromatic nitrogens is 2. The van der Waals surface area contributed by atoms with E-state index in [1.807, 2.05) is 7.05 Å². The molecule has 0 aliphatic rings. The van der Waals surface area contributed by atoms with Gasteiger partial charge in [0.25, 0.3) is 0 Å². The minimum Gasteiger partial charge on any atom is -0.493 e. The van der Waals surface area contributed by atoms with E-state index < -0.39 is 6.04 Å². The standard InChI is InChI=1S/C21H22FN3O3/c1-25-10-9-23-21(25)20(15-5-4-6-16(22)13-15)24-19(26)12-14-7-8-17(27-2)18(11-14)28-3/h4-11,13,20H,12H2,1-3H3,(H,24,26). The van der Waals surface area contributed by atoms with E-state index in [-0.39, 0.29) is 18.1 Å². The average Bonchev–Trinajstić information content (AvgIpc) is 3.11. The lowest BCUT2D eigenvalue weighted by Crippen LogP contribution is -2.32. The van der Waals surface area contributed by atoms with Gasteiger partial charge in [0.05, 0.1) is 20.6 Å². The molecule has 146 valence electrons. The summed E-state index contributed by atoms with van der Waals surface area (Å²) in [7, 11) is 4.93. The van der Waals surface area contributed by atoms with E-state index in [0.29, 0.717) is 22.9 Å². The number of halogens is 1. The molecule has 3 aromatic rings. The highest BCUT2D eigenvalue weighted by atomic mass is 19.1. The summed E-state index contributed by atoms with van der Waals surface area (Å²) in [4.78, 5) is 17.0. The van der Waals surface area contributed by atoms with E-state index in [4.69, 9.17) is 9.47 Å². The van der Waals surface area contributed by atoms with E-state index >= 15 is 0 Å². The second-order valence-electron chi connectivity index (χ2n) is 6.32. The SMILES string of the molecule is COc1ccc(CC(=O)NC(c2cccc(F)c2)c2nccn2C)cc1OC. The molecule has 0 bridgehead atoms. The summed E-state index contributed by atoms with van der Waals surface area (Å²) >= 11 is 0. The number of nitrogens with zero attached hydrogens (tertiary/aromatic N) is 2. The van der Waals surface area contributed by atoms with Crippen LogP contribution in [-0.4, -0.2) is 29.7 Å². The Kier molecular flexibility index (Phi) is 5.93. The fourth-order valence-electron chi connectivity index (χ4n) is 3.03. The van der Waals surface area contributed by atoms with Crippen LogP contribution in [0.1, 0.15) is 23.0 Å². The van der Waals surface area contributed by atoms with Gasteiger partial charge in [-0.15, -0.1) is 0 Å². The van der Waals surface area contributed by atoms with E-state index in [1.54, 1.807) is 61.5 Å². The summed E-state index contributed by atoms with van der Waals surface area (Å²) in [5, 5.41) is 2.96. The third-order valence-corrected chi connectivity index (χ3v) is 4.42. The molecule has 0 aliphatic carbocycles. The Labute approximate surface area is 162 Å². The molecule has 1 atom stereocenters. The molecule has 28 heavy (non-hydrogen) atoms. The van der Waals surface area contributed by atoms with Crippen molar-refractivity contribution in [2.24, 2.45) is 7.05 Å². The van der Waals surface area contributed by atoms with Gasteiger partial charge < -0.3 is 19.4 Å². The highest BCUT2D eigenvalue weighted by Gasteiger charge is 2.21. The third-order valence-electron chi connectivity index (χ3n) is 4.42. The molecule has 1 N–H and O–H groups in total. The van der Waals surface area contributed by atoms with Crippen molar-refractivity contribution in [3.63, 3.8) is 0 Å². The predicted molar refractivity (Wildman–Crippen MR) is 103 cm³/mol. The first-order valence-electron chi connectivity index (χ1n) is 8.74. The Morgan fingerprint density at radius 2 is 1.96 bits per heavy atom. The zero-order chi connectivity index (χ0) is 20.1. The van der Waals surface area contributed by atoms with Gasteiger partial charge in [0, 0.05) is 19.4 Å². The highest BCUT2D eigenvalue weighted by Crippen LogP contribution is 2.28. The largest absolute Gasteiger partial charge is 0.493 e. The number of hydrogen-bond acceptors (Lipinski definition) is 4. The summed E-state index contributed by atoms with van der Waals surface area (Å²) < 4.78 is 26.0. The Hall–Kier alpha value is -3.35. The molecule has 2 aromatic carbocycles.